The van der Waals surface area contributed by atoms with Crippen LogP contribution in [0.5, 0.6) is 5.75 Å². The zero-order valence-corrected chi connectivity index (χ0v) is 20.5. The number of methoxy groups -OCH3 is 1. The topological polar surface area (TPSA) is 30.3 Å². The highest BCUT2D eigenvalue weighted by Gasteiger charge is 2.22. The summed E-state index contributed by atoms with van der Waals surface area (Å²) in [6.07, 6.45) is 4.68. The first-order chi connectivity index (χ1) is 16.2. The maximum atomic E-state index is 5.27. The van der Waals surface area contributed by atoms with Crippen molar-refractivity contribution in [1.29, 1.82) is 0 Å². The van der Waals surface area contributed by atoms with Crippen LogP contribution in [0.3, 0.4) is 0 Å². The number of benzene rings is 2. The Hall–Kier alpha value is -2.63. The lowest BCUT2D eigenvalue weighted by molar-refractivity contribution is 0.184. The van der Waals surface area contributed by atoms with Crippen molar-refractivity contribution in [3.63, 3.8) is 0 Å². The summed E-state index contributed by atoms with van der Waals surface area (Å²) in [4.78, 5) is 10.5. The normalized spacial score (nSPS) is 15.3. The van der Waals surface area contributed by atoms with Crippen LogP contribution in [0.2, 0.25) is 0 Å². The molecule has 2 aromatic carbocycles. The molecule has 172 valence electrons. The molecule has 1 fully saturated rings. The second kappa shape index (κ2) is 10.1. The fraction of sp³-hybridized carbons (Fsp3) is 0.393. The summed E-state index contributed by atoms with van der Waals surface area (Å²) in [5.41, 5.74) is 3.77. The summed E-state index contributed by atoms with van der Waals surface area (Å²) in [6, 6.07) is 21.6. The van der Waals surface area contributed by atoms with E-state index in [9.17, 15) is 0 Å². The molecule has 1 aliphatic heterocycles. The molecule has 0 amide bonds. The van der Waals surface area contributed by atoms with Gasteiger partial charge >= 0.3 is 0 Å². The van der Waals surface area contributed by atoms with E-state index in [4.69, 9.17) is 9.72 Å². The molecule has 4 aromatic rings. The molecule has 0 saturated carbocycles. The zero-order chi connectivity index (χ0) is 22.6. The minimum Gasteiger partial charge on any atom is -0.497 e. The number of aryl methyl sites for hydroxylation is 1. The lowest BCUT2D eigenvalue weighted by Gasteiger charge is -2.32. The van der Waals surface area contributed by atoms with Crippen molar-refractivity contribution < 1.29 is 4.74 Å². The molecule has 1 aliphatic rings. The Morgan fingerprint density at radius 2 is 1.79 bits per heavy atom. The third-order valence-corrected chi connectivity index (χ3v) is 7.88. The highest BCUT2D eigenvalue weighted by molar-refractivity contribution is 7.11. The van der Waals surface area contributed by atoms with Crippen molar-refractivity contribution in [3.8, 4) is 5.75 Å². The second-order valence-corrected chi connectivity index (χ2v) is 10.6. The minimum atomic E-state index is 0.711. The summed E-state index contributed by atoms with van der Waals surface area (Å²) in [5, 5.41) is 0. The van der Waals surface area contributed by atoms with E-state index in [1.54, 1.807) is 7.11 Å². The van der Waals surface area contributed by atoms with Crippen LogP contribution in [0.1, 0.15) is 34.0 Å². The summed E-state index contributed by atoms with van der Waals surface area (Å²) >= 11 is 1.89. The van der Waals surface area contributed by atoms with E-state index < -0.39 is 0 Å². The van der Waals surface area contributed by atoms with Gasteiger partial charge in [0.15, 0.2) is 0 Å². The Labute approximate surface area is 200 Å². The Morgan fingerprint density at radius 3 is 2.52 bits per heavy atom. The van der Waals surface area contributed by atoms with Gasteiger partial charge in [-0.1, -0.05) is 24.3 Å². The molecule has 0 radical (unpaired) electrons. The van der Waals surface area contributed by atoms with Crippen LogP contribution < -0.4 is 4.74 Å². The van der Waals surface area contributed by atoms with E-state index in [0.717, 1.165) is 37.2 Å². The molecular weight excluding hydrogens is 426 g/mol. The van der Waals surface area contributed by atoms with Crippen molar-refractivity contribution in [2.24, 2.45) is 5.92 Å². The number of hydrogen-bond acceptors (Lipinski definition) is 4. The van der Waals surface area contributed by atoms with E-state index >= 15 is 0 Å². The maximum absolute atomic E-state index is 5.27. The number of fused-ring (bicyclic) bond motifs is 1. The SMILES string of the molecule is COc1ccc(CCN2CCC(Cc3nc4ccccc4n3Cc3ccc(C)s3)CC2)cc1. The third-order valence-electron chi connectivity index (χ3n) is 6.90. The van der Waals surface area contributed by atoms with Crippen LogP contribution in [-0.2, 0) is 19.4 Å². The smallest absolute Gasteiger partial charge is 0.118 e. The number of thiophene rings is 1. The van der Waals surface area contributed by atoms with E-state index in [2.05, 4.69) is 77.1 Å². The Kier molecular flexibility index (Phi) is 6.79. The van der Waals surface area contributed by atoms with E-state index in [1.807, 2.05) is 11.3 Å². The number of aromatic nitrogens is 2. The van der Waals surface area contributed by atoms with Gasteiger partial charge in [-0.05, 0) is 87.2 Å². The van der Waals surface area contributed by atoms with Gasteiger partial charge in [0.05, 0.1) is 24.7 Å². The molecular formula is C28H33N3OS. The predicted molar refractivity (Wildman–Crippen MR) is 137 cm³/mol. The average Bonchev–Trinajstić information content (AvgIpc) is 3.42. The monoisotopic (exact) mass is 459 g/mol. The van der Waals surface area contributed by atoms with E-state index in [0.29, 0.717) is 5.92 Å². The minimum absolute atomic E-state index is 0.711. The van der Waals surface area contributed by atoms with Crippen LogP contribution in [-0.4, -0.2) is 41.2 Å². The standard InChI is InChI=1S/C28H33N3OS/c1-21-7-12-25(33-21)20-31-27-6-4-3-5-26(27)29-28(31)19-23-14-17-30(18-15-23)16-13-22-8-10-24(32-2)11-9-22/h3-12,23H,13-20H2,1-2H3. The van der Waals surface area contributed by atoms with Crippen molar-refractivity contribution >= 4 is 22.4 Å². The van der Waals surface area contributed by atoms with Gasteiger partial charge in [0.1, 0.15) is 11.6 Å². The van der Waals surface area contributed by atoms with Gasteiger partial charge in [-0.2, -0.15) is 0 Å². The van der Waals surface area contributed by atoms with Crippen LogP contribution in [0, 0.1) is 12.8 Å². The third kappa shape index (κ3) is 5.31. The number of imidazole rings is 1. The fourth-order valence-corrected chi connectivity index (χ4v) is 5.81. The van der Waals surface area contributed by atoms with Gasteiger partial charge in [0.2, 0.25) is 0 Å². The predicted octanol–water partition coefficient (Wildman–Crippen LogP) is 5.96. The first-order valence-electron chi connectivity index (χ1n) is 12.0. The molecule has 0 aliphatic carbocycles. The van der Waals surface area contributed by atoms with Crippen molar-refractivity contribution in [2.45, 2.75) is 39.2 Å². The zero-order valence-electron chi connectivity index (χ0n) is 19.7. The Bertz CT molecular complexity index is 1190. The molecule has 0 atom stereocenters. The van der Waals surface area contributed by atoms with Gasteiger partial charge in [0.25, 0.3) is 0 Å². The summed E-state index contributed by atoms with van der Waals surface area (Å²) in [7, 11) is 1.72. The highest BCUT2D eigenvalue weighted by atomic mass is 32.1. The summed E-state index contributed by atoms with van der Waals surface area (Å²) in [5.74, 6) is 2.89. The second-order valence-electron chi connectivity index (χ2n) is 9.20. The number of hydrogen-bond donors (Lipinski definition) is 0. The van der Waals surface area contributed by atoms with Crippen LogP contribution in [0.15, 0.2) is 60.7 Å². The molecule has 3 heterocycles. The molecule has 0 spiro atoms. The summed E-state index contributed by atoms with van der Waals surface area (Å²) < 4.78 is 7.72. The number of rotatable bonds is 8. The van der Waals surface area contributed by atoms with Crippen molar-refractivity contribution in [2.75, 3.05) is 26.7 Å². The van der Waals surface area contributed by atoms with Gasteiger partial charge in [-0.25, -0.2) is 4.98 Å². The van der Waals surface area contributed by atoms with Crippen molar-refractivity contribution in [1.82, 2.24) is 14.5 Å². The summed E-state index contributed by atoms with van der Waals surface area (Å²) in [6.45, 7) is 6.62. The molecule has 1 saturated heterocycles. The maximum Gasteiger partial charge on any atom is 0.118 e. The molecule has 0 N–H and O–H groups in total. The van der Waals surface area contributed by atoms with Crippen LogP contribution >= 0.6 is 11.3 Å². The largest absolute Gasteiger partial charge is 0.497 e. The van der Waals surface area contributed by atoms with Crippen molar-refractivity contribution in [3.05, 3.63) is 81.8 Å². The molecule has 33 heavy (non-hydrogen) atoms. The number of likely N-dealkylation sites (tertiary alicyclic amines) is 1. The molecule has 0 bridgehead atoms. The Balaban J connectivity index is 1.20. The van der Waals surface area contributed by atoms with E-state index in [-0.39, 0.29) is 0 Å². The number of para-hydroxylation sites is 2. The molecule has 2 aromatic heterocycles. The molecule has 0 unspecified atom stereocenters. The fourth-order valence-electron chi connectivity index (χ4n) is 4.94. The van der Waals surface area contributed by atoms with Gasteiger partial charge in [-0.3, -0.25) is 0 Å². The molecule has 4 nitrogen and oxygen atoms in total. The lowest BCUT2D eigenvalue weighted by atomic mass is 9.93. The van der Waals surface area contributed by atoms with E-state index in [1.165, 1.54) is 52.6 Å². The van der Waals surface area contributed by atoms with Crippen LogP contribution in [0.4, 0.5) is 0 Å². The molecule has 5 rings (SSSR count). The quantitative estimate of drug-likeness (QED) is 0.326. The lowest BCUT2D eigenvalue weighted by Crippen LogP contribution is -2.36. The van der Waals surface area contributed by atoms with Gasteiger partial charge in [0, 0.05) is 22.7 Å². The number of piperidine rings is 1. The first-order valence-corrected chi connectivity index (χ1v) is 12.8. The van der Waals surface area contributed by atoms with Gasteiger partial charge < -0.3 is 14.2 Å². The number of ether oxygens (including phenoxy) is 1. The number of nitrogens with zero attached hydrogens (tertiary/aromatic N) is 3. The average molecular weight is 460 g/mol. The Morgan fingerprint density at radius 1 is 1.00 bits per heavy atom. The highest BCUT2D eigenvalue weighted by Crippen LogP contribution is 2.26. The van der Waals surface area contributed by atoms with Crippen LogP contribution in [0.25, 0.3) is 11.0 Å². The molecule has 5 heteroatoms. The first kappa shape index (κ1) is 22.2. The van der Waals surface area contributed by atoms with Gasteiger partial charge in [-0.15, -0.1) is 11.3 Å².